The molecule has 154 valence electrons. The molecule has 3 saturated carbocycles. The monoisotopic (exact) mass is 396 g/mol. The number of allylic oxidation sites excluding steroid dienone is 4. The van der Waals surface area contributed by atoms with E-state index in [1.165, 1.54) is 19.1 Å². The molecule has 0 radical (unpaired) electrons. The van der Waals surface area contributed by atoms with Gasteiger partial charge in [0.2, 0.25) is 0 Å². The van der Waals surface area contributed by atoms with Crippen LogP contribution in [0.3, 0.4) is 0 Å². The lowest BCUT2D eigenvalue weighted by Crippen LogP contribution is -2.70. The van der Waals surface area contributed by atoms with Gasteiger partial charge in [-0.2, -0.15) is 0 Å². The third-order valence-corrected chi connectivity index (χ3v) is 8.39. The van der Waals surface area contributed by atoms with E-state index >= 15 is 8.78 Å². The first-order valence-electron chi connectivity index (χ1n) is 9.78. The molecule has 0 heterocycles. The Morgan fingerprint density at radius 3 is 2.64 bits per heavy atom. The van der Waals surface area contributed by atoms with E-state index in [2.05, 4.69) is 0 Å². The smallest absolute Gasteiger partial charge is 0.190 e. The zero-order chi connectivity index (χ0) is 20.7. The van der Waals surface area contributed by atoms with Crippen LogP contribution in [-0.2, 0) is 9.59 Å². The van der Waals surface area contributed by atoms with Crippen molar-refractivity contribution in [1.82, 2.24) is 0 Å². The van der Waals surface area contributed by atoms with Gasteiger partial charge in [-0.3, -0.25) is 9.59 Å². The highest BCUT2D eigenvalue weighted by molar-refractivity contribution is 6.01. The molecule has 0 aromatic rings. The predicted molar refractivity (Wildman–Crippen MR) is 95.7 cm³/mol. The summed E-state index contributed by atoms with van der Waals surface area (Å²) >= 11 is 0. The Morgan fingerprint density at radius 1 is 1.32 bits per heavy atom. The SMILES string of the molecule is CC12C=CC(=O)C=C1[C@@H](F)CC1C3CC[C@](O)(C(=O)CO)C3(C)CC(O)[C@@]12F. The molecule has 3 fully saturated rings. The van der Waals surface area contributed by atoms with Gasteiger partial charge in [-0.1, -0.05) is 13.0 Å². The Balaban J connectivity index is 1.84. The third-order valence-electron chi connectivity index (χ3n) is 8.39. The van der Waals surface area contributed by atoms with Gasteiger partial charge >= 0.3 is 0 Å². The second kappa shape index (κ2) is 5.80. The number of aliphatic hydroxyl groups excluding tert-OH is 2. The molecule has 0 aliphatic heterocycles. The maximum atomic E-state index is 16.7. The summed E-state index contributed by atoms with van der Waals surface area (Å²) in [6, 6.07) is 0. The lowest BCUT2D eigenvalue weighted by molar-refractivity contribution is -0.221. The van der Waals surface area contributed by atoms with E-state index in [1.807, 2.05) is 0 Å². The van der Waals surface area contributed by atoms with Crippen molar-refractivity contribution in [2.75, 3.05) is 6.61 Å². The van der Waals surface area contributed by atoms with Gasteiger partial charge < -0.3 is 15.3 Å². The Morgan fingerprint density at radius 2 is 2.00 bits per heavy atom. The summed E-state index contributed by atoms with van der Waals surface area (Å²) in [7, 11) is 0. The average molecular weight is 396 g/mol. The van der Waals surface area contributed by atoms with Crippen LogP contribution in [0.25, 0.3) is 0 Å². The second-order valence-corrected chi connectivity index (χ2v) is 9.34. The van der Waals surface area contributed by atoms with Gasteiger partial charge in [0.05, 0.1) is 6.10 Å². The summed E-state index contributed by atoms with van der Waals surface area (Å²) < 4.78 is 31.9. The molecule has 4 aliphatic carbocycles. The van der Waals surface area contributed by atoms with E-state index in [-0.39, 0.29) is 24.8 Å². The summed E-state index contributed by atoms with van der Waals surface area (Å²) in [4.78, 5) is 24.1. The maximum absolute atomic E-state index is 16.7. The molecular weight excluding hydrogens is 370 g/mol. The molecule has 0 aromatic carbocycles. The number of ketones is 2. The Kier molecular flexibility index (Phi) is 4.11. The Hall–Kier alpha value is -1.44. The van der Waals surface area contributed by atoms with Crippen LogP contribution in [0, 0.1) is 22.7 Å². The molecule has 8 atom stereocenters. The van der Waals surface area contributed by atoms with Crippen LogP contribution >= 0.6 is 0 Å². The quantitative estimate of drug-likeness (QED) is 0.659. The number of Topliss-reactive ketones (excluding diaryl/α,β-unsaturated/α-hetero) is 1. The summed E-state index contributed by atoms with van der Waals surface area (Å²) in [6.07, 6.45) is 0.509. The van der Waals surface area contributed by atoms with Gasteiger partial charge in [-0.25, -0.2) is 8.78 Å². The fourth-order valence-corrected chi connectivity index (χ4v) is 6.80. The van der Waals surface area contributed by atoms with E-state index < -0.39 is 64.4 Å². The Labute approximate surface area is 162 Å². The fourth-order valence-electron chi connectivity index (χ4n) is 6.80. The van der Waals surface area contributed by atoms with E-state index in [1.54, 1.807) is 6.92 Å². The minimum absolute atomic E-state index is 0.0392. The maximum Gasteiger partial charge on any atom is 0.190 e. The van der Waals surface area contributed by atoms with Crippen LogP contribution in [0.4, 0.5) is 8.78 Å². The highest BCUT2D eigenvalue weighted by atomic mass is 19.1. The van der Waals surface area contributed by atoms with Crippen LogP contribution in [-0.4, -0.2) is 57.0 Å². The highest BCUT2D eigenvalue weighted by Gasteiger charge is 2.75. The minimum Gasteiger partial charge on any atom is -0.390 e. The first-order valence-corrected chi connectivity index (χ1v) is 9.78. The molecule has 0 spiro atoms. The summed E-state index contributed by atoms with van der Waals surface area (Å²) in [5.41, 5.74) is -6.71. The molecule has 5 unspecified atom stereocenters. The largest absolute Gasteiger partial charge is 0.390 e. The zero-order valence-electron chi connectivity index (χ0n) is 16.0. The van der Waals surface area contributed by atoms with Gasteiger partial charge in [-0.05, 0) is 56.3 Å². The van der Waals surface area contributed by atoms with E-state index in [4.69, 9.17) is 0 Å². The molecule has 4 rings (SSSR count). The summed E-state index contributed by atoms with van der Waals surface area (Å²) in [5, 5.41) is 31.4. The first-order chi connectivity index (χ1) is 13.0. The topological polar surface area (TPSA) is 94.8 Å². The third kappa shape index (κ3) is 2.05. The number of hydrogen-bond acceptors (Lipinski definition) is 5. The number of rotatable bonds is 2. The van der Waals surface area contributed by atoms with Crippen molar-refractivity contribution >= 4 is 11.6 Å². The van der Waals surface area contributed by atoms with Crippen molar-refractivity contribution in [2.24, 2.45) is 22.7 Å². The zero-order valence-corrected chi connectivity index (χ0v) is 16.0. The van der Waals surface area contributed by atoms with Crippen molar-refractivity contribution in [3.8, 4) is 0 Å². The van der Waals surface area contributed by atoms with Gasteiger partial charge in [-0.15, -0.1) is 0 Å². The average Bonchev–Trinajstić information content (AvgIpc) is 2.91. The number of carbonyl (C=O) groups excluding carboxylic acids is 2. The molecule has 28 heavy (non-hydrogen) atoms. The van der Waals surface area contributed by atoms with Crippen molar-refractivity contribution in [1.29, 1.82) is 0 Å². The van der Waals surface area contributed by atoms with Crippen molar-refractivity contribution in [3.63, 3.8) is 0 Å². The van der Waals surface area contributed by atoms with Crippen molar-refractivity contribution < 1.29 is 33.7 Å². The van der Waals surface area contributed by atoms with Crippen molar-refractivity contribution in [2.45, 2.75) is 63.1 Å². The molecule has 0 aromatic heterocycles. The van der Waals surface area contributed by atoms with Crippen LogP contribution in [0.2, 0.25) is 0 Å². The molecule has 0 bridgehead atoms. The number of halogens is 2. The predicted octanol–water partition coefficient (Wildman–Crippen LogP) is 1.60. The second-order valence-electron chi connectivity index (χ2n) is 9.34. The van der Waals surface area contributed by atoms with E-state index in [0.717, 1.165) is 6.08 Å². The standard InChI is InChI=1S/C21H26F2O5/c1-18-5-3-11(25)7-14(18)15(22)8-13-12-4-6-20(28,17(27)10-24)19(12,2)9-16(26)21(13,18)23/h3,5,7,12-13,15-16,24,26,28H,4,6,8-10H2,1-2H3/t12?,13?,15-,16?,18?,19?,20-,21-/m0/s1. The van der Waals surface area contributed by atoms with Gasteiger partial charge in [0.15, 0.2) is 17.2 Å². The molecular formula is C21H26F2O5. The van der Waals surface area contributed by atoms with Gasteiger partial charge in [0.25, 0.3) is 0 Å². The molecule has 0 saturated heterocycles. The number of hydrogen-bond donors (Lipinski definition) is 3. The number of aliphatic hydroxyl groups is 3. The fraction of sp³-hybridized carbons (Fsp3) is 0.714. The molecule has 4 aliphatic rings. The van der Waals surface area contributed by atoms with E-state index in [0.29, 0.717) is 6.42 Å². The molecule has 3 N–H and O–H groups in total. The minimum atomic E-state index is -2.23. The Bertz CT molecular complexity index is 809. The summed E-state index contributed by atoms with van der Waals surface area (Å²) in [5.74, 6) is -2.63. The van der Waals surface area contributed by atoms with Crippen LogP contribution in [0.15, 0.2) is 23.8 Å². The molecule has 7 heteroatoms. The molecule has 0 amide bonds. The van der Waals surface area contributed by atoms with Crippen LogP contribution in [0.1, 0.15) is 39.5 Å². The normalized spacial score (nSPS) is 52.5. The molecule has 5 nitrogen and oxygen atoms in total. The van der Waals surface area contributed by atoms with Gasteiger partial charge in [0.1, 0.15) is 18.4 Å². The summed E-state index contributed by atoms with van der Waals surface area (Å²) in [6.45, 7) is 2.29. The van der Waals surface area contributed by atoms with Crippen LogP contribution < -0.4 is 0 Å². The first kappa shape index (κ1) is 19.9. The number of carbonyl (C=O) groups is 2. The van der Waals surface area contributed by atoms with Crippen LogP contribution in [0.5, 0.6) is 0 Å². The number of alkyl halides is 2. The highest BCUT2D eigenvalue weighted by Crippen LogP contribution is 2.69. The van der Waals surface area contributed by atoms with E-state index in [9.17, 15) is 24.9 Å². The number of fused-ring (bicyclic) bond motifs is 5. The van der Waals surface area contributed by atoms with Crippen molar-refractivity contribution in [3.05, 3.63) is 23.8 Å². The lowest BCUT2D eigenvalue weighted by Gasteiger charge is -2.63. The lowest BCUT2D eigenvalue weighted by atomic mass is 9.44. The van der Waals surface area contributed by atoms with Gasteiger partial charge in [0, 0.05) is 16.7 Å².